The molecule has 112 valence electrons. The van der Waals surface area contributed by atoms with Crippen LogP contribution >= 0.6 is 27.5 Å². The highest BCUT2D eigenvalue weighted by Crippen LogP contribution is 2.25. The number of ether oxygens (including phenoxy) is 2. The van der Waals surface area contributed by atoms with Gasteiger partial charge in [-0.15, -0.1) is 0 Å². The van der Waals surface area contributed by atoms with E-state index in [2.05, 4.69) is 21.2 Å². The quantitative estimate of drug-likeness (QED) is 0.738. The highest BCUT2D eigenvalue weighted by molar-refractivity contribution is 9.10. The fourth-order valence-electron chi connectivity index (χ4n) is 1.82. The lowest BCUT2D eigenvalue weighted by atomic mass is 10.2. The summed E-state index contributed by atoms with van der Waals surface area (Å²) in [6.45, 7) is 1.70. The van der Waals surface area contributed by atoms with Crippen LogP contribution in [0.2, 0.25) is 5.02 Å². The van der Waals surface area contributed by atoms with Gasteiger partial charge in [0.05, 0.1) is 5.02 Å². The third-order valence-corrected chi connectivity index (χ3v) is 3.62. The van der Waals surface area contributed by atoms with Crippen LogP contribution in [-0.4, -0.2) is 20.3 Å². The maximum absolute atomic E-state index is 6.18. The van der Waals surface area contributed by atoms with Gasteiger partial charge in [0, 0.05) is 11.0 Å². The molecule has 0 heterocycles. The van der Waals surface area contributed by atoms with E-state index in [4.69, 9.17) is 21.1 Å². The van der Waals surface area contributed by atoms with E-state index in [1.165, 1.54) is 0 Å². The third kappa shape index (κ3) is 5.23. The van der Waals surface area contributed by atoms with E-state index in [-0.39, 0.29) is 0 Å². The molecule has 21 heavy (non-hydrogen) atoms. The predicted molar refractivity (Wildman–Crippen MR) is 89.3 cm³/mol. The molecule has 0 unspecified atom stereocenters. The van der Waals surface area contributed by atoms with Crippen LogP contribution in [0.4, 0.5) is 0 Å². The molecular weight excluding hydrogens is 354 g/mol. The second-order valence-electron chi connectivity index (χ2n) is 4.45. The van der Waals surface area contributed by atoms with Crippen molar-refractivity contribution in [3.05, 3.63) is 57.5 Å². The van der Waals surface area contributed by atoms with E-state index >= 15 is 0 Å². The Kier molecular flexibility index (Phi) is 6.36. The second-order valence-corrected chi connectivity index (χ2v) is 5.77. The van der Waals surface area contributed by atoms with Crippen LogP contribution in [0.15, 0.2) is 46.9 Å². The molecule has 0 amide bonds. The molecular formula is C16H17BrClNO2. The summed E-state index contributed by atoms with van der Waals surface area (Å²) >= 11 is 9.56. The molecule has 0 aliphatic heterocycles. The minimum absolute atomic E-state index is 0.446. The summed E-state index contributed by atoms with van der Waals surface area (Å²) in [6.07, 6.45) is 0. The van der Waals surface area contributed by atoms with Crippen molar-refractivity contribution >= 4 is 27.5 Å². The van der Waals surface area contributed by atoms with Crippen molar-refractivity contribution in [1.29, 1.82) is 0 Å². The van der Waals surface area contributed by atoms with Crippen molar-refractivity contribution in [1.82, 2.24) is 5.32 Å². The van der Waals surface area contributed by atoms with Crippen molar-refractivity contribution in [3.8, 4) is 11.5 Å². The number of benzene rings is 2. The van der Waals surface area contributed by atoms with Gasteiger partial charge < -0.3 is 14.8 Å². The van der Waals surface area contributed by atoms with Crippen LogP contribution in [0.3, 0.4) is 0 Å². The molecule has 3 nitrogen and oxygen atoms in total. The summed E-state index contributed by atoms with van der Waals surface area (Å²) in [5.41, 5.74) is 1.13. The van der Waals surface area contributed by atoms with Gasteiger partial charge in [-0.05, 0) is 49.0 Å². The Hall–Kier alpha value is -1.23. The lowest BCUT2D eigenvalue weighted by molar-refractivity contribution is 0.217. The minimum Gasteiger partial charge on any atom is -0.490 e. The van der Waals surface area contributed by atoms with Crippen molar-refractivity contribution in [2.24, 2.45) is 0 Å². The van der Waals surface area contributed by atoms with Crippen LogP contribution in [0.5, 0.6) is 11.5 Å². The molecule has 0 saturated heterocycles. The Morgan fingerprint density at radius 2 is 1.76 bits per heavy atom. The number of halogens is 2. The first-order valence-corrected chi connectivity index (χ1v) is 7.80. The Morgan fingerprint density at radius 1 is 1.05 bits per heavy atom. The van der Waals surface area contributed by atoms with Gasteiger partial charge in [-0.1, -0.05) is 33.6 Å². The Morgan fingerprint density at radius 3 is 2.43 bits per heavy atom. The second kappa shape index (κ2) is 8.27. The topological polar surface area (TPSA) is 30.5 Å². The fourth-order valence-corrected chi connectivity index (χ4v) is 2.34. The van der Waals surface area contributed by atoms with Gasteiger partial charge in [-0.2, -0.15) is 0 Å². The molecule has 2 aromatic rings. The van der Waals surface area contributed by atoms with Crippen LogP contribution < -0.4 is 14.8 Å². The van der Waals surface area contributed by atoms with Gasteiger partial charge in [-0.25, -0.2) is 0 Å². The first-order valence-electron chi connectivity index (χ1n) is 6.63. The van der Waals surface area contributed by atoms with E-state index in [0.29, 0.717) is 24.0 Å². The summed E-state index contributed by atoms with van der Waals surface area (Å²) in [7, 11) is 1.90. The van der Waals surface area contributed by atoms with Gasteiger partial charge in [0.1, 0.15) is 24.7 Å². The lowest BCUT2D eigenvalue weighted by Gasteiger charge is -2.10. The van der Waals surface area contributed by atoms with Crippen LogP contribution in [0.1, 0.15) is 5.56 Å². The first kappa shape index (κ1) is 16.1. The van der Waals surface area contributed by atoms with E-state index in [9.17, 15) is 0 Å². The highest BCUT2D eigenvalue weighted by atomic mass is 79.9. The minimum atomic E-state index is 0.446. The first-order chi connectivity index (χ1) is 10.2. The Labute approximate surface area is 138 Å². The lowest BCUT2D eigenvalue weighted by Crippen LogP contribution is -2.09. The van der Waals surface area contributed by atoms with E-state index in [0.717, 1.165) is 22.3 Å². The molecule has 1 N–H and O–H groups in total. The van der Waals surface area contributed by atoms with Crippen LogP contribution in [-0.2, 0) is 6.54 Å². The number of rotatable bonds is 7. The Bertz CT molecular complexity index is 575. The van der Waals surface area contributed by atoms with Gasteiger partial charge in [0.15, 0.2) is 0 Å². The molecule has 0 aliphatic rings. The smallest absolute Gasteiger partial charge is 0.138 e. The molecule has 5 heteroatoms. The monoisotopic (exact) mass is 369 g/mol. The van der Waals surface area contributed by atoms with Crippen LogP contribution in [0, 0.1) is 0 Å². The molecule has 0 radical (unpaired) electrons. The molecule has 0 spiro atoms. The summed E-state index contributed by atoms with van der Waals surface area (Å²) < 4.78 is 12.2. The number of nitrogens with one attached hydrogen (secondary N) is 1. The number of hydrogen-bond donors (Lipinski definition) is 1. The van der Waals surface area contributed by atoms with Crippen LogP contribution in [0.25, 0.3) is 0 Å². The van der Waals surface area contributed by atoms with Crippen molar-refractivity contribution in [3.63, 3.8) is 0 Å². The zero-order chi connectivity index (χ0) is 15.1. The van der Waals surface area contributed by atoms with E-state index < -0.39 is 0 Å². The Balaban J connectivity index is 1.79. The molecule has 0 atom stereocenters. The van der Waals surface area contributed by atoms with Gasteiger partial charge >= 0.3 is 0 Å². The zero-order valence-corrected chi connectivity index (χ0v) is 14.1. The summed E-state index contributed by atoms with van der Waals surface area (Å²) in [4.78, 5) is 0. The maximum Gasteiger partial charge on any atom is 0.138 e. The largest absolute Gasteiger partial charge is 0.490 e. The maximum atomic E-state index is 6.18. The average Bonchev–Trinajstić information content (AvgIpc) is 2.47. The molecule has 2 rings (SSSR count). The van der Waals surface area contributed by atoms with Gasteiger partial charge in [0.2, 0.25) is 0 Å². The number of hydrogen-bond acceptors (Lipinski definition) is 3. The van der Waals surface area contributed by atoms with E-state index in [1.54, 1.807) is 0 Å². The summed E-state index contributed by atoms with van der Waals surface area (Å²) in [5.74, 6) is 1.49. The SMILES string of the molecule is CNCc1ccc(OCCOc2ccc(Br)cc2)c(Cl)c1. The molecule has 0 fully saturated rings. The van der Waals surface area contributed by atoms with Crippen molar-refractivity contribution < 1.29 is 9.47 Å². The van der Waals surface area contributed by atoms with Crippen molar-refractivity contribution in [2.75, 3.05) is 20.3 Å². The van der Waals surface area contributed by atoms with Gasteiger partial charge in [0.25, 0.3) is 0 Å². The van der Waals surface area contributed by atoms with Crippen molar-refractivity contribution in [2.45, 2.75) is 6.54 Å². The fraction of sp³-hybridized carbons (Fsp3) is 0.250. The van der Waals surface area contributed by atoms with Gasteiger partial charge in [-0.3, -0.25) is 0 Å². The predicted octanol–water partition coefficient (Wildman–Crippen LogP) is 4.28. The molecule has 0 bridgehead atoms. The van der Waals surface area contributed by atoms with E-state index in [1.807, 2.05) is 49.5 Å². The standard InChI is InChI=1S/C16H17BrClNO2/c1-19-11-12-2-7-16(15(18)10-12)21-9-8-20-14-5-3-13(17)4-6-14/h2-7,10,19H,8-9,11H2,1H3. The summed E-state index contributed by atoms with van der Waals surface area (Å²) in [6, 6.07) is 13.5. The molecule has 0 aromatic heterocycles. The molecule has 0 saturated carbocycles. The highest BCUT2D eigenvalue weighted by Gasteiger charge is 2.03. The zero-order valence-electron chi connectivity index (χ0n) is 11.7. The third-order valence-electron chi connectivity index (χ3n) is 2.80. The normalized spacial score (nSPS) is 10.4. The molecule has 2 aromatic carbocycles. The summed E-state index contributed by atoms with van der Waals surface area (Å²) in [5, 5.41) is 3.70. The average molecular weight is 371 g/mol. The molecule has 0 aliphatic carbocycles.